The lowest BCUT2D eigenvalue weighted by Crippen LogP contribution is -2.36. The van der Waals surface area contributed by atoms with Gasteiger partial charge in [-0.05, 0) is 24.1 Å². The van der Waals surface area contributed by atoms with E-state index < -0.39 is 24.7 Å². The average molecular weight is 262 g/mol. The van der Waals surface area contributed by atoms with Gasteiger partial charge in [0, 0.05) is 0 Å². The van der Waals surface area contributed by atoms with Gasteiger partial charge in [-0.3, -0.25) is 4.79 Å². The third-order valence-corrected chi connectivity index (χ3v) is 2.34. The fourth-order valence-corrected chi connectivity index (χ4v) is 1.35. The number of ether oxygens (including phenoxy) is 1. The molecule has 0 radical (unpaired) electrons. The van der Waals surface area contributed by atoms with Crippen LogP contribution in [0.4, 0.5) is 13.2 Å². The van der Waals surface area contributed by atoms with Crippen molar-refractivity contribution >= 4 is 5.97 Å². The summed E-state index contributed by atoms with van der Waals surface area (Å²) in [5, 5.41) is 8.43. The van der Waals surface area contributed by atoms with E-state index in [1.807, 2.05) is 6.92 Å². The highest BCUT2D eigenvalue weighted by Crippen LogP contribution is 2.27. The highest BCUT2D eigenvalue weighted by atomic mass is 19.4. The second-order valence-electron chi connectivity index (χ2n) is 3.74. The summed E-state index contributed by atoms with van der Waals surface area (Å²) < 4.78 is 42.3. The number of halogens is 3. The zero-order valence-corrected chi connectivity index (χ0v) is 9.70. The number of hydrogen-bond acceptors (Lipinski definition) is 2. The summed E-state index contributed by atoms with van der Waals surface area (Å²) in [7, 11) is 0. The van der Waals surface area contributed by atoms with Gasteiger partial charge in [0.25, 0.3) is 0 Å². The lowest BCUT2D eigenvalue weighted by atomic mass is 10.1. The van der Waals surface area contributed by atoms with Crippen LogP contribution >= 0.6 is 0 Å². The van der Waals surface area contributed by atoms with Gasteiger partial charge in [-0.15, -0.1) is 0 Å². The van der Waals surface area contributed by atoms with Crippen molar-refractivity contribution < 1.29 is 27.8 Å². The summed E-state index contributed by atoms with van der Waals surface area (Å²) in [6.07, 6.45) is -7.39. The number of carboxylic acids is 1. The molecule has 100 valence electrons. The number of aliphatic carboxylic acids is 1. The lowest BCUT2D eigenvalue weighted by Gasteiger charge is -2.20. The van der Waals surface area contributed by atoms with Crippen LogP contribution in [0.2, 0.25) is 0 Å². The van der Waals surface area contributed by atoms with E-state index in [0.29, 0.717) is 0 Å². The molecule has 0 amide bonds. The van der Waals surface area contributed by atoms with Crippen LogP contribution in [0.15, 0.2) is 24.3 Å². The molecule has 1 aromatic rings. The fourth-order valence-electron chi connectivity index (χ4n) is 1.35. The maximum atomic E-state index is 12.5. The highest BCUT2D eigenvalue weighted by Gasteiger charge is 2.43. The molecule has 1 N–H and O–H groups in total. The van der Waals surface area contributed by atoms with Gasteiger partial charge in [-0.2, -0.15) is 13.2 Å². The Labute approximate surface area is 102 Å². The molecule has 0 bridgehead atoms. The van der Waals surface area contributed by atoms with Gasteiger partial charge in [0.2, 0.25) is 6.10 Å². The smallest absolute Gasteiger partial charge is 0.425 e. The first-order valence-corrected chi connectivity index (χ1v) is 5.37. The Morgan fingerprint density at radius 3 is 2.28 bits per heavy atom. The molecule has 18 heavy (non-hydrogen) atoms. The molecule has 0 aliphatic carbocycles. The summed E-state index contributed by atoms with van der Waals surface area (Å²) in [4.78, 5) is 10.4. The summed E-state index contributed by atoms with van der Waals surface area (Å²) in [5.41, 5.74) is 0.962. The Hall–Kier alpha value is -1.72. The number of carboxylic acid groups (broad SMARTS) is 1. The quantitative estimate of drug-likeness (QED) is 0.887. The Balaban J connectivity index is 2.79. The molecular formula is C12H13F3O3. The van der Waals surface area contributed by atoms with E-state index in [1.54, 1.807) is 12.1 Å². The summed E-state index contributed by atoms with van der Waals surface area (Å²) in [5.74, 6) is -1.54. The van der Waals surface area contributed by atoms with Crippen molar-refractivity contribution in [2.75, 3.05) is 0 Å². The SMILES string of the molecule is CCc1ccc(OC(CC(=O)O)C(F)(F)F)cc1. The van der Waals surface area contributed by atoms with Gasteiger partial charge < -0.3 is 9.84 Å². The van der Waals surface area contributed by atoms with Crippen LogP contribution in [0, 0.1) is 0 Å². The molecule has 1 rings (SSSR count). The van der Waals surface area contributed by atoms with Crippen molar-refractivity contribution in [3.63, 3.8) is 0 Å². The number of aryl methyl sites for hydroxylation is 1. The Bertz CT molecular complexity index is 398. The first-order valence-electron chi connectivity index (χ1n) is 5.37. The van der Waals surface area contributed by atoms with E-state index in [4.69, 9.17) is 5.11 Å². The highest BCUT2D eigenvalue weighted by molar-refractivity contribution is 5.67. The van der Waals surface area contributed by atoms with Gasteiger partial charge in [-0.25, -0.2) is 0 Å². The van der Waals surface area contributed by atoms with E-state index in [2.05, 4.69) is 4.74 Å². The average Bonchev–Trinajstić information content (AvgIpc) is 2.27. The number of benzene rings is 1. The molecule has 1 aromatic carbocycles. The summed E-state index contributed by atoms with van der Waals surface area (Å²) >= 11 is 0. The summed E-state index contributed by atoms with van der Waals surface area (Å²) in [6, 6.07) is 6.09. The van der Waals surface area contributed by atoms with Crippen LogP contribution in [0.5, 0.6) is 5.75 Å². The largest absolute Gasteiger partial charge is 0.481 e. The van der Waals surface area contributed by atoms with Crippen LogP contribution in [0.25, 0.3) is 0 Å². The number of hydrogen-bond donors (Lipinski definition) is 1. The summed E-state index contributed by atoms with van der Waals surface area (Å²) in [6.45, 7) is 1.92. The van der Waals surface area contributed by atoms with Crippen LogP contribution in [-0.4, -0.2) is 23.4 Å². The molecule has 1 unspecified atom stereocenters. The van der Waals surface area contributed by atoms with Gasteiger partial charge in [0.1, 0.15) is 5.75 Å². The van der Waals surface area contributed by atoms with Crippen molar-refractivity contribution in [1.29, 1.82) is 0 Å². The minimum absolute atomic E-state index is 0.00998. The van der Waals surface area contributed by atoms with E-state index in [0.717, 1.165) is 12.0 Å². The van der Waals surface area contributed by atoms with Gasteiger partial charge in [0.15, 0.2) is 0 Å². The zero-order chi connectivity index (χ0) is 13.8. The Morgan fingerprint density at radius 1 is 1.33 bits per heavy atom. The molecule has 0 spiro atoms. The second kappa shape index (κ2) is 5.75. The number of alkyl halides is 3. The maximum absolute atomic E-state index is 12.5. The molecule has 3 nitrogen and oxygen atoms in total. The monoisotopic (exact) mass is 262 g/mol. The van der Waals surface area contributed by atoms with Crippen molar-refractivity contribution in [2.45, 2.75) is 32.0 Å². The fraction of sp³-hybridized carbons (Fsp3) is 0.417. The standard InChI is InChI=1S/C12H13F3O3/c1-2-8-3-5-9(6-4-8)18-10(7-11(16)17)12(13,14)15/h3-6,10H,2,7H2,1H3,(H,16,17). The minimum atomic E-state index is -4.71. The molecule has 6 heteroatoms. The topological polar surface area (TPSA) is 46.5 Å². The van der Waals surface area contributed by atoms with Crippen LogP contribution in [0.3, 0.4) is 0 Å². The molecule has 0 saturated carbocycles. The van der Waals surface area contributed by atoms with E-state index in [-0.39, 0.29) is 5.75 Å². The normalized spacial score (nSPS) is 13.1. The minimum Gasteiger partial charge on any atom is -0.481 e. The third-order valence-electron chi connectivity index (χ3n) is 2.34. The molecule has 0 aromatic heterocycles. The van der Waals surface area contributed by atoms with E-state index in [1.165, 1.54) is 12.1 Å². The predicted molar refractivity (Wildman–Crippen MR) is 58.5 cm³/mol. The molecule has 0 saturated heterocycles. The first-order chi connectivity index (χ1) is 8.32. The third kappa shape index (κ3) is 4.27. The maximum Gasteiger partial charge on any atom is 0.425 e. The van der Waals surface area contributed by atoms with Crippen molar-refractivity contribution in [3.8, 4) is 5.75 Å². The zero-order valence-electron chi connectivity index (χ0n) is 9.70. The van der Waals surface area contributed by atoms with E-state index in [9.17, 15) is 18.0 Å². The van der Waals surface area contributed by atoms with Gasteiger partial charge in [0.05, 0.1) is 6.42 Å². The second-order valence-corrected chi connectivity index (χ2v) is 3.74. The van der Waals surface area contributed by atoms with Crippen LogP contribution in [0.1, 0.15) is 18.9 Å². The molecule has 1 atom stereocenters. The molecular weight excluding hydrogens is 249 g/mol. The molecule has 0 aliphatic heterocycles. The van der Waals surface area contributed by atoms with Crippen LogP contribution in [-0.2, 0) is 11.2 Å². The first kappa shape index (κ1) is 14.3. The molecule has 0 heterocycles. The molecule has 0 fully saturated rings. The van der Waals surface area contributed by atoms with Crippen molar-refractivity contribution in [1.82, 2.24) is 0 Å². The Kier molecular flexibility index (Phi) is 4.58. The van der Waals surface area contributed by atoms with Crippen molar-refractivity contribution in [2.24, 2.45) is 0 Å². The molecule has 0 aliphatic rings. The Morgan fingerprint density at radius 2 is 1.89 bits per heavy atom. The van der Waals surface area contributed by atoms with Gasteiger partial charge >= 0.3 is 12.1 Å². The lowest BCUT2D eigenvalue weighted by molar-refractivity contribution is -0.200. The van der Waals surface area contributed by atoms with Gasteiger partial charge in [-0.1, -0.05) is 19.1 Å². The number of rotatable bonds is 5. The van der Waals surface area contributed by atoms with E-state index >= 15 is 0 Å². The number of carbonyl (C=O) groups is 1. The van der Waals surface area contributed by atoms with Crippen LogP contribution < -0.4 is 4.74 Å². The van der Waals surface area contributed by atoms with Crippen molar-refractivity contribution in [3.05, 3.63) is 29.8 Å². The predicted octanol–water partition coefficient (Wildman–Crippen LogP) is 3.03.